The average Bonchev–Trinajstić information content (AvgIpc) is 2.55. The Morgan fingerprint density at radius 1 is 1.40 bits per heavy atom. The number of aromatic hydroxyl groups is 1. The highest BCUT2D eigenvalue weighted by atomic mass is 127. The lowest BCUT2D eigenvalue weighted by atomic mass is 10.2. The first-order valence-electron chi connectivity index (χ1n) is 6.74. The van der Waals surface area contributed by atoms with E-state index in [1.165, 1.54) is 18.3 Å². The Bertz CT molecular complexity index is 844. The number of nitrogens with zero attached hydrogens (tertiary/aromatic N) is 2. The SMILES string of the molecule is O=C(COc1ccc(Cl)cc1I)NN=Cc1ccc(O)c([N+](=O)[O-])c1. The summed E-state index contributed by atoms with van der Waals surface area (Å²) < 4.78 is 6.11. The summed E-state index contributed by atoms with van der Waals surface area (Å²) in [6.07, 6.45) is 1.22. The van der Waals surface area contributed by atoms with Gasteiger partial charge >= 0.3 is 5.69 Å². The van der Waals surface area contributed by atoms with Gasteiger partial charge < -0.3 is 9.84 Å². The van der Waals surface area contributed by atoms with Crippen LogP contribution in [-0.4, -0.2) is 28.8 Å². The molecule has 2 aromatic rings. The Labute approximate surface area is 160 Å². The zero-order chi connectivity index (χ0) is 18.4. The summed E-state index contributed by atoms with van der Waals surface area (Å²) in [7, 11) is 0. The number of amides is 1. The molecule has 130 valence electrons. The molecule has 25 heavy (non-hydrogen) atoms. The second kappa shape index (κ2) is 8.62. The highest BCUT2D eigenvalue weighted by Gasteiger charge is 2.12. The highest BCUT2D eigenvalue weighted by molar-refractivity contribution is 14.1. The number of phenolic OH excluding ortho intramolecular Hbond substituents is 1. The standard InChI is InChI=1S/C15H11ClIN3O5/c16-10-2-4-14(11(17)6-10)25-8-15(22)19-18-7-9-1-3-13(21)12(5-9)20(23)24/h1-7,21H,8H2,(H,19,22). The minimum Gasteiger partial charge on any atom is -0.502 e. The summed E-state index contributed by atoms with van der Waals surface area (Å²) in [5.41, 5.74) is 2.14. The summed E-state index contributed by atoms with van der Waals surface area (Å²) in [4.78, 5) is 21.7. The molecule has 1 amide bonds. The first-order chi connectivity index (χ1) is 11.9. The van der Waals surface area contributed by atoms with Crippen LogP contribution < -0.4 is 10.2 Å². The van der Waals surface area contributed by atoms with Gasteiger partial charge in [-0.3, -0.25) is 14.9 Å². The summed E-state index contributed by atoms with van der Waals surface area (Å²) in [6.45, 7) is -0.259. The van der Waals surface area contributed by atoms with Crippen molar-refractivity contribution >= 4 is 52.0 Å². The Kier molecular flexibility index (Phi) is 6.53. The van der Waals surface area contributed by atoms with Crippen LogP contribution >= 0.6 is 34.2 Å². The summed E-state index contributed by atoms with van der Waals surface area (Å²) >= 11 is 7.86. The maximum atomic E-state index is 11.7. The van der Waals surface area contributed by atoms with E-state index in [9.17, 15) is 20.0 Å². The van der Waals surface area contributed by atoms with Crippen LogP contribution in [0.1, 0.15) is 5.56 Å². The first-order valence-corrected chi connectivity index (χ1v) is 8.19. The minimum absolute atomic E-state index is 0.259. The summed E-state index contributed by atoms with van der Waals surface area (Å²) in [5.74, 6) is -0.439. The van der Waals surface area contributed by atoms with Gasteiger partial charge in [0.05, 0.1) is 14.7 Å². The second-order valence-electron chi connectivity index (χ2n) is 4.66. The number of hydrogen-bond donors (Lipinski definition) is 2. The van der Waals surface area contributed by atoms with Gasteiger partial charge in [0.25, 0.3) is 5.91 Å². The van der Waals surface area contributed by atoms with Gasteiger partial charge in [0.2, 0.25) is 0 Å². The molecule has 0 saturated heterocycles. The third-order valence-corrected chi connectivity index (χ3v) is 3.93. The summed E-state index contributed by atoms with van der Waals surface area (Å²) in [6, 6.07) is 8.73. The van der Waals surface area contributed by atoms with E-state index in [0.717, 1.165) is 9.64 Å². The van der Waals surface area contributed by atoms with E-state index < -0.39 is 22.3 Å². The molecule has 0 radical (unpaired) electrons. The Morgan fingerprint density at radius 3 is 2.84 bits per heavy atom. The van der Waals surface area contributed by atoms with Crippen molar-refractivity contribution in [2.45, 2.75) is 0 Å². The monoisotopic (exact) mass is 475 g/mol. The van der Waals surface area contributed by atoms with Crippen LogP contribution in [0.3, 0.4) is 0 Å². The van der Waals surface area contributed by atoms with Gasteiger partial charge in [-0.2, -0.15) is 5.10 Å². The Balaban J connectivity index is 1.90. The number of nitro groups is 1. The normalized spacial score (nSPS) is 10.6. The molecule has 8 nitrogen and oxygen atoms in total. The van der Waals surface area contributed by atoms with Crippen molar-refractivity contribution in [1.29, 1.82) is 0 Å². The number of carbonyl (C=O) groups is 1. The van der Waals surface area contributed by atoms with Gasteiger partial charge in [0, 0.05) is 16.7 Å². The molecule has 2 aromatic carbocycles. The van der Waals surface area contributed by atoms with Crippen molar-refractivity contribution in [3.05, 3.63) is 60.7 Å². The quantitative estimate of drug-likeness (QED) is 0.288. The van der Waals surface area contributed by atoms with Gasteiger partial charge in [0.15, 0.2) is 12.4 Å². The molecule has 0 fully saturated rings. The van der Waals surface area contributed by atoms with Crippen molar-refractivity contribution in [2.24, 2.45) is 5.10 Å². The lowest BCUT2D eigenvalue weighted by Gasteiger charge is -2.07. The van der Waals surface area contributed by atoms with Crippen LogP contribution in [0.5, 0.6) is 11.5 Å². The largest absolute Gasteiger partial charge is 0.502 e. The summed E-state index contributed by atoms with van der Waals surface area (Å²) in [5, 5.41) is 24.3. The van der Waals surface area contributed by atoms with Crippen molar-refractivity contribution in [3.8, 4) is 11.5 Å². The molecule has 0 heterocycles. The van der Waals surface area contributed by atoms with E-state index in [-0.39, 0.29) is 6.61 Å². The zero-order valence-corrected chi connectivity index (χ0v) is 15.4. The van der Waals surface area contributed by atoms with Crippen LogP contribution in [0.15, 0.2) is 41.5 Å². The number of halogens is 2. The van der Waals surface area contributed by atoms with Gasteiger partial charge in [-0.15, -0.1) is 0 Å². The predicted octanol–water partition coefficient (Wildman–Crippen LogP) is 3.09. The number of nitro benzene ring substituents is 1. The predicted molar refractivity (Wildman–Crippen MR) is 100 cm³/mol. The number of hydrogen-bond acceptors (Lipinski definition) is 6. The van der Waals surface area contributed by atoms with Crippen molar-refractivity contribution < 1.29 is 19.6 Å². The second-order valence-corrected chi connectivity index (χ2v) is 6.26. The molecule has 0 aliphatic heterocycles. The van der Waals surface area contributed by atoms with Gasteiger partial charge in [-0.25, -0.2) is 5.43 Å². The maximum Gasteiger partial charge on any atom is 0.311 e. The molecule has 0 unspecified atom stereocenters. The number of carbonyl (C=O) groups excluding carboxylic acids is 1. The van der Waals surface area contributed by atoms with E-state index in [4.69, 9.17) is 16.3 Å². The number of nitrogens with one attached hydrogen (secondary N) is 1. The lowest BCUT2D eigenvalue weighted by molar-refractivity contribution is -0.385. The number of rotatable bonds is 6. The lowest BCUT2D eigenvalue weighted by Crippen LogP contribution is -2.24. The fourth-order valence-corrected chi connectivity index (χ4v) is 2.74. The Morgan fingerprint density at radius 2 is 2.16 bits per heavy atom. The molecule has 2 N–H and O–H groups in total. The first kappa shape index (κ1) is 18.9. The molecule has 10 heteroatoms. The van der Waals surface area contributed by atoms with Gasteiger partial charge in [-0.1, -0.05) is 11.6 Å². The van der Waals surface area contributed by atoms with Gasteiger partial charge in [0.1, 0.15) is 5.75 Å². The Hall–Kier alpha value is -2.40. The molecular weight excluding hydrogens is 465 g/mol. The van der Waals surface area contributed by atoms with E-state index in [2.05, 4.69) is 10.5 Å². The minimum atomic E-state index is -0.715. The van der Waals surface area contributed by atoms with Crippen molar-refractivity contribution in [3.63, 3.8) is 0 Å². The van der Waals surface area contributed by atoms with Crippen LogP contribution in [0.2, 0.25) is 5.02 Å². The van der Waals surface area contributed by atoms with Crippen LogP contribution in [-0.2, 0) is 4.79 Å². The van der Waals surface area contributed by atoms with Crippen LogP contribution in [0.4, 0.5) is 5.69 Å². The van der Waals surface area contributed by atoms with Crippen molar-refractivity contribution in [2.75, 3.05) is 6.61 Å². The molecule has 0 spiro atoms. The molecule has 0 aromatic heterocycles. The third-order valence-electron chi connectivity index (χ3n) is 2.85. The molecule has 0 aliphatic rings. The van der Waals surface area contributed by atoms with E-state index in [1.54, 1.807) is 18.2 Å². The van der Waals surface area contributed by atoms with E-state index >= 15 is 0 Å². The molecular formula is C15H11ClIN3O5. The smallest absolute Gasteiger partial charge is 0.311 e. The third kappa shape index (κ3) is 5.57. The number of hydrazone groups is 1. The topological polar surface area (TPSA) is 114 Å². The van der Waals surface area contributed by atoms with Crippen LogP contribution in [0, 0.1) is 13.7 Å². The van der Waals surface area contributed by atoms with Crippen LogP contribution in [0.25, 0.3) is 0 Å². The number of benzene rings is 2. The molecule has 0 saturated carbocycles. The fourth-order valence-electron chi connectivity index (χ4n) is 1.71. The van der Waals surface area contributed by atoms with E-state index in [1.807, 2.05) is 22.6 Å². The average molecular weight is 476 g/mol. The molecule has 0 bridgehead atoms. The fraction of sp³-hybridized carbons (Fsp3) is 0.0667. The number of phenols is 1. The molecule has 2 rings (SSSR count). The van der Waals surface area contributed by atoms with E-state index in [0.29, 0.717) is 16.3 Å². The highest BCUT2D eigenvalue weighted by Crippen LogP contribution is 2.25. The van der Waals surface area contributed by atoms with Crippen molar-refractivity contribution in [1.82, 2.24) is 5.43 Å². The molecule has 0 atom stereocenters. The molecule has 0 aliphatic carbocycles. The number of ether oxygens (including phenoxy) is 1. The maximum absolute atomic E-state index is 11.7. The zero-order valence-electron chi connectivity index (χ0n) is 12.5. The van der Waals surface area contributed by atoms with Gasteiger partial charge in [-0.05, 0) is 52.9 Å².